The first-order valence-corrected chi connectivity index (χ1v) is 7.71. The number of nitrogens with one attached hydrogen (secondary N) is 1. The molecule has 0 saturated carbocycles. The van der Waals surface area contributed by atoms with E-state index in [1.807, 2.05) is 30.3 Å². The lowest BCUT2D eigenvalue weighted by atomic mass is 10.1. The number of fused-ring (bicyclic) bond motifs is 3. The van der Waals surface area contributed by atoms with Crippen molar-refractivity contribution in [1.82, 2.24) is 5.32 Å². The van der Waals surface area contributed by atoms with E-state index in [1.165, 1.54) is 10.9 Å². The second kappa shape index (κ2) is 6.56. The number of furan rings is 1. The quantitative estimate of drug-likeness (QED) is 0.587. The molecule has 0 aliphatic carbocycles. The van der Waals surface area contributed by atoms with Crippen LogP contribution in [0, 0.1) is 0 Å². The standard InChI is InChI=1S/C11H11NO.C6H5ClS/c1-2-4-10-8(3-1)9-5-6-12-7-11(9)13-10;7-5-2-1-3-6(8)4-5/h1-4,12H,5-7H2;1-4,8H. The van der Waals surface area contributed by atoms with Crippen molar-refractivity contribution in [2.45, 2.75) is 17.9 Å². The molecule has 2 aromatic carbocycles. The fraction of sp³-hybridized carbons (Fsp3) is 0.176. The number of benzene rings is 2. The minimum absolute atomic E-state index is 0.734. The third-order valence-corrected chi connectivity index (χ3v) is 3.94. The van der Waals surface area contributed by atoms with Gasteiger partial charge >= 0.3 is 0 Å². The Morgan fingerprint density at radius 3 is 2.71 bits per heavy atom. The molecule has 21 heavy (non-hydrogen) atoms. The summed E-state index contributed by atoms with van der Waals surface area (Å²) in [6.07, 6.45) is 1.09. The van der Waals surface area contributed by atoms with E-state index in [4.69, 9.17) is 16.0 Å². The van der Waals surface area contributed by atoms with Crippen LogP contribution in [0.1, 0.15) is 11.3 Å². The molecule has 0 unspecified atom stereocenters. The van der Waals surface area contributed by atoms with Crippen LogP contribution in [0.2, 0.25) is 5.02 Å². The van der Waals surface area contributed by atoms with Crippen molar-refractivity contribution >= 4 is 35.2 Å². The highest BCUT2D eigenvalue weighted by Gasteiger charge is 2.16. The van der Waals surface area contributed by atoms with Crippen LogP contribution in [0.25, 0.3) is 11.0 Å². The molecule has 1 N–H and O–H groups in total. The predicted octanol–water partition coefficient (Wildman–Crippen LogP) is 4.71. The molecule has 4 heteroatoms. The summed E-state index contributed by atoms with van der Waals surface area (Å²) >= 11 is 9.67. The average molecular weight is 318 g/mol. The molecule has 2 nitrogen and oxygen atoms in total. The van der Waals surface area contributed by atoms with E-state index in [0.717, 1.165) is 40.8 Å². The van der Waals surface area contributed by atoms with Crippen molar-refractivity contribution in [3.63, 3.8) is 0 Å². The number of para-hydroxylation sites is 1. The molecule has 0 saturated heterocycles. The third kappa shape index (κ3) is 3.43. The number of halogens is 1. The van der Waals surface area contributed by atoms with Crippen molar-refractivity contribution < 1.29 is 4.42 Å². The first kappa shape index (κ1) is 14.5. The Morgan fingerprint density at radius 1 is 1.10 bits per heavy atom. The summed E-state index contributed by atoms with van der Waals surface area (Å²) < 4.78 is 5.73. The van der Waals surface area contributed by atoms with Crippen LogP contribution in [0.4, 0.5) is 0 Å². The van der Waals surface area contributed by atoms with Gasteiger partial charge in [-0.15, -0.1) is 12.6 Å². The molecule has 1 aliphatic rings. The summed E-state index contributed by atoms with van der Waals surface area (Å²) in [5.41, 5.74) is 2.42. The molecule has 3 aromatic rings. The molecular formula is C17H16ClNOS. The van der Waals surface area contributed by atoms with Crippen LogP contribution in [0.3, 0.4) is 0 Å². The maximum atomic E-state index is 5.73. The maximum absolute atomic E-state index is 5.73. The van der Waals surface area contributed by atoms with Crippen LogP contribution < -0.4 is 5.32 Å². The minimum atomic E-state index is 0.734. The fourth-order valence-electron chi connectivity index (χ4n) is 2.46. The molecule has 0 fully saturated rings. The summed E-state index contributed by atoms with van der Waals surface area (Å²) in [5.74, 6) is 1.12. The van der Waals surface area contributed by atoms with Crippen molar-refractivity contribution in [2.75, 3.05) is 6.54 Å². The highest BCUT2D eigenvalue weighted by atomic mass is 35.5. The van der Waals surface area contributed by atoms with Gasteiger partial charge in [0, 0.05) is 20.9 Å². The van der Waals surface area contributed by atoms with E-state index in [0.29, 0.717) is 0 Å². The Labute approximate surface area is 134 Å². The van der Waals surface area contributed by atoms with Gasteiger partial charge in [-0.25, -0.2) is 0 Å². The van der Waals surface area contributed by atoms with Crippen molar-refractivity contribution in [2.24, 2.45) is 0 Å². The van der Waals surface area contributed by atoms with Crippen molar-refractivity contribution in [1.29, 1.82) is 0 Å². The van der Waals surface area contributed by atoms with Crippen molar-refractivity contribution in [3.8, 4) is 0 Å². The molecule has 0 atom stereocenters. The highest BCUT2D eigenvalue weighted by molar-refractivity contribution is 7.80. The molecule has 4 rings (SSSR count). The summed E-state index contributed by atoms with van der Waals surface area (Å²) in [4.78, 5) is 0.900. The van der Waals surface area contributed by atoms with Crippen LogP contribution >= 0.6 is 24.2 Å². The zero-order chi connectivity index (χ0) is 14.7. The van der Waals surface area contributed by atoms with Gasteiger partial charge < -0.3 is 9.73 Å². The Morgan fingerprint density at radius 2 is 1.95 bits per heavy atom. The van der Waals surface area contributed by atoms with Gasteiger partial charge in [-0.05, 0) is 37.2 Å². The summed E-state index contributed by atoms with van der Waals surface area (Å²) in [6, 6.07) is 15.6. The van der Waals surface area contributed by atoms with Gasteiger partial charge in [0.1, 0.15) is 11.3 Å². The molecule has 0 bridgehead atoms. The van der Waals surface area contributed by atoms with Crippen molar-refractivity contribution in [3.05, 3.63) is 64.9 Å². The molecular weight excluding hydrogens is 302 g/mol. The molecule has 1 aromatic heterocycles. The van der Waals surface area contributed by atoms with Crippen LogP contribution in [-0.4, -0.2) is 6.54 Å². The molecule has 1 aliphatic heterocycles. The van der Waals surface area contributed by atoms with Gasteiger partial charge in [0.2, 0.25) is 0 Å². The molecule has 0 radical (unpaired) electrons. The van der Waals surface area contributed by atoms with E-state index in [2.05, 4.69) is 30.1 Å². The van der Waals surface area contributed by atoms with Gasteiger partial charge in [0.05, 0.1) is 6.54 Å². The predicted molar refractivity (Wildman–Crippen MR) is 90.3 cm³/mol. The maximum Gasteiger partial charge on any atom is 0.134 e. The molecule has 0 spiro atoms. The third-order valence-electron chi connectivity index (χ3n) is 3.43. The summed E-state index contributed by atoms with van der Waals surface area (Å²) in [5, 5.41) is 5.33. The Balaban J connectivity index is 0.000000143. The van der Waals surface area contributed by atoms with E-state index < -0.39 is 0 Å². The summed E-state index contributed by atoms with van der Waals surface area (Å²) in [6.45, 7) is 1.94. The lowest BCUT2D eigenvalue weighted by Crippen LogP contribution is -2.22. The van der Waals surface area contributed by atoms with E-state index in [-0.39, 0.29) is 0 Å². The minimum Gasteiger partial charge on any atom is -0.459 e. The summed E-state index contributed by atoms with van der Waals surface area (Å²) in [7, 11) is 0. The normalized spacial score (nSPS) is 13.4. The lowest BCUT2D eigenvalue weighted by molar-refractivity contribution is 0.488. The van der Waals surface area contributed by atoms with E-state index in [1.54, 1.807) is 6.07 Å². The zero-order valence-corrected chi connectivity index (χ0v) is 13.1. The van der Waals surface area contributed by atoms with Gasteiger partial charge in [-0.1, -0.05) is 35.9 Å². The zero-order valence-electron chi connectivity index (χ0n) is 11.5. The van der Waals surface area contributed by atoms with E-state index in [9.17, 15) is 0 Å². The van der Waals surface area contributed by atoms with Crippen LogP contribution in [0.5, 0.6) is 0 Å². The van der Waals surface area contributed by atoms with E-state index >= 15 is 0 Å². The number of thiol groups is 1. The Kier molecular flexibility index (Phi) is 4.54. The van der Waals surface area contributed by atoms with Gasteiger partial charge in [0.25, 0.3) is 0 Å². The Bertz CT molecular complexity index is 736. The number of hydrogen-bond donors (Lipinski definition) is 2. The second-order valence-corrected chi connectivity index (χ2v) is 5.86. The fourth-order valence-corrected chi connectivity index (χ4v) is 2.95. The van der Waals surface area contributed by atoms with Gasteiger partial charge in [-0.3, -0.25) is 0 Å². The molecule has 108 valence electrons. The van der Waals surface area contributed by atoms with Crippen LogP contribution in [-0.2, 0) is 13.0 Å². The number of rotatable bonds is 0. The molecule has 0 amide bonds. The lowest BCUT2D eigenvalue weighted by Gasteiger charge is -2.10. The largest absolute Gasteiger partial charge is 0.459 e. The highest BCUT2D eigenvalue weighted by Crippen LogP contribution is 2.27. The van der Waals surface area contributed by atoms with Gasteiger partial charge in [-0.2, -0.15) is 0 Å². The smallest absolute Gasteiger partial charge is 0.134 e. The molecule has 2 heterocycles. The first-order chi connectivity index (χ1) is 10.2. The van der Waals surface area contributed by atoms with Crippen LogP contribution in [0.15, 0.2) is 57.8 Å². The average Bonchev–Trinajstić information content (AvgIpc) is 2.86. The Hall–Kier alpha value is -1.42. The monoisotopic (exact) mass is 317 g/mol. The van der Waals surface area contributed by atoms with Gasteiger partial charge in [0.15, 0.2) is 0 Å². The SMILES string of the molecule is Sc1cccc(Cl)c1.c1ccc2c3c(oc2c1)CNCC3. The number of hydrogen-bond acceptors (Lipinski definition) is 3. The second-order valence-electron chi connectivity index (χ2n) is 4.91. The topological polar surface area (TPSA) is 25.2 Å². The first-order valence-electron chi connectivity index (χ1n) is 6.88.